The van der Waals surface area contributed by atoms with Crippen molar-refractivity contribution in [3.8, 4) is 11.3 Å². The molecular weight excluding hydrogens is 359 g/mol. The number of primary amides is 1. The summed E-state index contributed by atoms with van der Waals surface area (Å²) in [5.41, 5.74) is 7.44. The maximum absolute atomic E-state index is 14.3. The lowest BCUT2D eigenvalue weighted by molar-refractivity contribution is 0.0995. The quantitative estimate of drug-likeness (QED) is 0.671. The number of amides is 1. The Morgan fingerprint density at radius 3 is 2.25 bits per heavy atom. The summed E-state index contributed by atoms with van der Waals surface area (Å²) in [7, 11) is 0. The van der Waals surface area contributed by atoms with Gasteiger partial charge in [0.05, 0.1) is 5.69 Å². The molecule has 1 aromatic carbocycles. The van der Waals surface area contributed by atoms with E-state index in [1.54, 1.807) is 16.6 Å². The van der Waals surface area contributed by atoms with Crippen LogP contribution in [0.15, 0.2) is 30.3 Å². The highest BCUT2D eigenvalue weighted by Gasteiger charge is 2.15. The van der Waals surface area contributed by atoms with Crippen LogP contribution in [0.25, 0.3) is 16.9 Å². The minimum atomic E-state index is -0.698. The maximum atomic E-state index is 14.3. The van der Waals surface area contributed by atoms with Crippen LogP contribution in [0.2, 0.25) is 0 Å². The van der Waals surface area contributed by atoms with Gasteiger partial charge in [-0.1, -0.05) is 34.6 Å². The van der Waals surface area contributed by atoms with Gasteiger partial charge in [-0.25, -0.2) is 13.9 Å². The molecule has 0 aliphatic carbocycles. The summed E-state index contributed by atoms with van der Waals surface area (Å²) in [6.45, 7) is 11.4. The molecule has 0 bridgehead atoms. The summed E-state index contributed by atoms with van der Waals surface area (Å²) in [6.07, 6.45) is 0.642. The lowest BCUT2D eigenvalue weighted by Crippen LogP contribution is -2.11. The molecule has 1 amide bonds. The van der Waals surface area contributed by atoms with Crippen LogP contribution >= 0.6 is 0 Å². The number of aromatic nitrogens is 3. The number of rotatable bonds is 4. The van der Waals surface area contributed by atoms with Gasteiger partial charge in [0, 0.05) is 29.8 Å². The summed E-state index contributed by atoms with van der Waals surface area (Å²) in [5, 5.41) is 4.38. The van der Waals surface area contributed by atoms with Crippen LogP contribution in [-0.4, -0.2) is 26.3 Å². The third-order valence-corrected chi connectivity index (χ3v) is 3.75. The number of carbonyl (C=O) groups is 2. The Kier molecular flexibility index (Phi) is 8.44. The molecule has 0 fully saturated rings. The van der Waals surface area contributed by atoms with Crippen molar-refractivity contribution >= 4 is 17.3 Å². The Balaban J connectivity index is 0.000000921. The number of nitrogens with two attached hydrogens (primary N) is 1. The van der Waals surface area contributed by atoms with E-state index in [-0.39, 0.29) is 16.9 Å². The van der Waals surface area contributed by atoms with E-state index in [0.717, 1.165) is 11.8 Å². The first-order valence-electron chi connectivity index (χ1n) is 9.41. The topological polar surface area (TPSA) is 90.4 Å². The number of fused-ring (bicyclic) bond motifs is 1. The molecule has 0 spiro atoms. The molecule has 2 heterocycles. The van der Waals surface area contributed by atoms with E-state index in [9.17, 15) is 14.0 Å². The predicted octanol–water partition coefficient (Wildman–Crippen LogP) is 4.45. The molecule has 28 heavy (non-hydrogen) atoms. The molecule has 3 aromatic rings. The molecule has 0 unspecified atom stereocenters. The normalized spacial score (nSPS) is 9.82. The second-order valence-corrected chi connectivity index (χ2v) is 5.40. The van der Waals surface area contributed by atoms with Gasteiger partial charge in [0.15, 0.2) is 11.4 Å². The van der Waals surface area contributed by atoms with Crippen LogP contribution in [0.4, 0.5) is 4.39 Å². The van der Waals surface area contributed by atoms with Gasteiger partial charge in [-0.05, 0) is 30.7 Å². The standard InChI is InChI=1S/C17H15FN4O2.2C2H6/c1-3-11-7-14(9(2)23)20-16-8-15(21-22(11)16)12-5-4-10(17(19)24)6-13(12)18;2*1-2/h4-8H,3H2,1-2H3,(H2,19,24);2*1-2H3. The molecular formula is C21H27FN4O2. The molecule has 0 aliphatic heterocycles. The van der Waals surface area contributed by atoms with Crippen molar-refractivity contribution in [2.45, 2.75) is 48.0 Å². The van der Waals surface area contributed by atoms with Crippen molar-refractivity contribution in [1.82, 2.24) is 14.6 Å². The predicted molar refractivity (Wildman–Crippen MR) is 109 cm³/mol. The van der Waals surface area contributed by atoms with Crippen LogP contribution in [0.3, 0.4) is 0 Å². The van der Waals surface area contributed by atoms with E-state index in [2.05, 4.69) is 10.1 Å². The largest absolute Gasteiger partial charge is 0.366 e. The molecule has 0 saturated carbocycles. The zero-order chi connectivity index (χ0) is 21.4. The number of carbonyl (C=O) groups excluding carboxylic acids is 2. The summed E-state index contributed by atoms with van der Waals surface area (Å²) < 4.78 is 15.9. The smallest absolute Gasteiger partial charge is 0.248 e. The zero-order valence-electron chi connectivity index (χ0n) is 17.2. The molecule has 3 rings (SSSR count). The SMILES string of the molecule is CC.CC.CCc1cc(C(C)=O)nc2cc(-c3ccc(C(N)=O)cc3F)nn12. The first kappa shape index (κ1) is 23.0. The highest BCUT2D eigenvalue weighted by molar-refractivity contribution is 5.93. The number of ketones is 1. The monoisotopic (exact) mass is 386 g/mol. The Bertz CT molecular complexity index is 980. The van der Waals surface area contributed by atoms with Crippen molar-refractivity contribution in [2.75, 3.05) is 0 Å². The van der Waals surface area contributed by atoms with Gasteiger partial charge in [-0.15, -0.1) is 0 Å². The highest BCUT2D eigenvalue weighted by Crippen LogP contribution is 2.24. The average molecular weight is 386 g/mol. The lowest BCUT2D eigenvalue weighted by atomic mass is 10.1. The summed E-state index contributed by atoms with van der Waals surface area (Å²) in [5.74, 6) is -1.44. The number of nitrogens with zero attached hydrogens (tertiary/aromatic N) is 3. The molecule has 6 nitrogen and oxygen atoms in total. The van der Waals surface area contributed by atoms with E-state index in [0.29, 0.717) is 23.5 Å². The molecule has 2 aromatic heterocycles. The Morgan fingerprint density at radius 1 is 1.11 bits per heavy atom. The van der Waals surface area contributed by atoms with E-state index >= 15 is 0 Å². The highest BCUT2D eigenvalue weighted by atomic mass is 19.1. The van der Waals surface area contributed by atoms with Crippen LogP contribution in [0.1, 0.15) is 68.1 Å². The van der Waals surface area contributed by atoms with Crippen LogP contribution in [0, 0.1) is 5.82 Å². The van der Waals surface area contributed by atoms with Crippen LogP contribution in [-0.2, 0) is 6.42 Å². The molecule has 0 atom stereocenters. The van der Waals surface area contributed by atoms with Crippen LogP contribution < -0.4 is 5.73 Å². The van der Waals surface area contributed by atoms with Crippen molar-refractivity contribution in [3.05, 3.63) is 53.1 Å². The Hall–Kier alpha value is -3.09. The Labute approximate surface area is 164 Å². The van der Waals surface area contributed by atoms with Crippen molar-refractivity contribution in [2.24, 2.45) is 5.73 Å². The third-order valence-electron chi connectivity index (χ3n) is 3.75. The molecule has 0 saturated heterocycles. The molecule has 7 heteroatoms. The van der Waals surface area contributed by atoms with E-state index in [1.807, 2.05) is 34.6 Å². The number of Topliss-reactive ketones (excluding diaryl/α,β-unsaturated/α-hetero) is 1. The fourth-order valence-electron chi connectivity index (χ4n) is 2.48. The molecule has 0 radical (unpaired) electrons. The number of benzene rings is 1. The fraction of sp³-hybridized carbons (Fsp3) is 0.333. The third kappa shape index (κ3) is 4.79. The van der Waals surface area contributed by atoms with Crippen LogP contribution in [0.5, 0.6) is 0 Å². The van der Waals surface area contributed by atoms with Gasteiger partial charge in [-0.3, -0.25) is 9.59 Å². The Morgan fingerprint density at radius 2 is 1.75 bits per heavy atom. The number of hydrogen-bond acceptors (Lipinski definition) is 4. The van der Waals surface area contributed by atoms with Crippen molar-refractivity contribution in [3.63, 3.8) is 0 Å². The van der Waals surface area contributed by atoms with Gasteiger partial charge in [0.2, 0.25) is 5.91 Å². The summed E-state index contributed by atoms with van der Waals surface area (Å²) >= 11 is 0. The minimum absolute atomic E-state index is 0.0891. The van der Waals surface area contributed by atoms with Crippen molar-refractivity contribution < 1.29 is 14.0 Å². The molecule has 2 N–H and O–H groups in total. The van der Waals surface area contributed by atoms with Gasteiger partial charge >= 0.3 is 0 Å². The second-order valence-electron chi connectivity index (χ2n) is 5.40. The van der Waals surface area contributed by atoms with Gasteiger partial charge < -0.3 is 5.73 Å². The summed E-state index contributed by atoms with van der Waals surface area (Å²) in [4.78, 5) is 27.0. The van der Waals surface area contributed by atoms with Gasteiger partial charge in [-0.2, -0.15) is 5.10 Å². The fourth-order valence-corrected chi connectivity index (χ4v) is 2.48. The first-order chi connectivity index (χ1) is 13.4. The molecule has 150 valence electrons. The van der Waals surface area contributed by atoms with Gasteiger partial charge in [0.1, 0.15) is 11.5 Å². The first-order valence-corrected chi connectivity index (χ1v) is 9.41. The number of aryl methyl sites for hydroxylation is 1. The minimum Gasteiger partial charge on any atom is -0.366 e. The van der Waals surface area contributed by atoms with E-state index in [1.165, 1.54) is 19.1 Å². The number of halogens is 1. The van der Waals surface area contributed by atoms with Gasteiger partial charge in [0.25, 0.3) is 0 Å². The number of hydrogen-bond donors (Lipinski definition) is 1. The zero-order valence-corrected chi connectivity index (χ0v) is 17.2. The summed E-state index contributed by atoms with van der Waals surface area (Å²) in [6, 6.07) is 7.26. The lowest BCUT2D eigenvalue weighted by Gasteiger charge is -2.03. The average Bonchev–Trinajstić information content (AvgIpc) is 3.13. The van der Waals surface area contributed by atoms with Crippen molar-refractivity contribution in [1.29, 1.82) is 0 Å². The maximum Gasteiger partial charge on any atom is 0.248 e. The second kappa shape index (κ2) is 10.3. The van der Waals surface area contributed by atoms with E-state index < -0.39 is 11.7 Å². The molecule has 0 aliphatic rings. The van der Waals surface area contributed by atoms with E-state index in [4.69, 9.17) is 5.73 Å².